The highest BCUT2D eigenvalue weighted by Gasteiger charge is 2.55. The largest absolute Gasteiger partial charge is 0.481 e. The van der Waals surface area contributed by atoms with Gasteiger partial charge in [-0.2, -0.15) is 5.10 Å². The maximum absolute atomic E-state index is 13.3. The molecular formula is C27H25ClN4O4. The lowest BCUT2D eigenvalue weighted by Gasteiger charge is -2.56. The molecule has 0 aliphatic heterocycles. The number of nitrogens with one attached hydrogen (secondary N) is 1. The molecule has 0 radical (unpaired) electrons. The minimum absolute atomic E-state index is 0.0517. The predicted molar refractivity (Wildman–Crippen MR) is 135 cm³/mol. The summed E-state index contributed by atoms with van der Waals surface area (Å²) in [6.07, 6.45) is 4.76. The zero-order chi connectivity index (χ0) is 25.0. The number of hydrogen-bond acceptors (Lipinski definition) is 5. The molecular weight excluding hydrogens is 480 g/mol. The van der Waals surface area contributed by atoms with Crippen LogP contribution in [0.1, 0.15) is 41.6 Å². The average Bonchev–Trinajstić information content (AvgIpc) is 3.23. The second-order valence-electron chi connectivity index (χ2n) is 10.1. The molecule has 9 heteroatoms. The lowest BCUT2D eigenvalue weighted by molar-refractivity contribution is -0.155. The summed E-state index contributed by atoms with van der Waals surface area (Å²) >= 11 is 6.45. The molecule has 0 unspecified atom stereocenters. The second-order valence-corrected chi connectivity index (χ2v) is 10.5. The minimum Gasteiger partial charge on any atom is -0.481 e. The molecule has 8 nitrogen and oxygen atoms in total. The molecule has 2 aromatic carbocycles. The van der Waals surface area contributed by atoms with Gasteiger partial charge in [0.1, 0.15) is 0 Å². The molecule has 2 heterocycles. The fourth-order valence-electron chi connectivity index (χ4n) is 5.85. The van der Waals surface area contributed by atoms with Gasteiger partial charge >= 0.3 is 5.97 Å². The van der Waals surface area contributed by atoms with Crippen LogP contribution in [0, 0.1) is 11.3 Å². The number of amides is 1. The summed E-state index contributed by atoms with van der Waals surface area (Å²) in [6, 6.07) is 13.3. The number of aliphatic carboxylic acids is 1. The number of methoxy groups -OCH3 is 1. The number of hydrogen-bond donors (Lipinski definition) is 2. The third-order valence-electron chi connectivity index (χ3n) is 7.67. The summed E-state index contributed by atoms with van der Waals surface area (Å²) in [5.41, 5.74) is 3.09. The first-order valence-electron chi connectivity index (χ1n) is 12.0. The van der Waals surface area contributed by atoms with Gasteiger partial charge in [0.25, 0.3) is 5.91 Å². The summed E-state index contributed by atoms with van der Waals surface area (Å²) < 4.78 is 7.05. The zero-order valence-electron chi connectivity index (χ0n) is 19.7. The van der Waals surface area contributed by atoms with Gasteiger partial charge in [-0.25, -0.2) is 4.98 Å². The van der Waals surface area contributed by atoms with Crippen LogP contribution in [0.15, 0.2) is 48.7 Å². The lowest BCUT2D eigenvalue weighted by Crippen LogP contribution is -2.57. The van der Waals surface area contributed by atoms with E-state index in [1.54, 1.807) is 30.1 Å². The molecule has 6 rings (SSSR count). The Kier molecular flexibility index (Phi) is 5.37. The van der Waals surface area contributed by atoms with Crippen LogP contribution in [0.25, 0.3) is 21.8 Å². The van der Waals surface area contributed by atoms with E-state index in [0.29, 0.717) is 41.4 Å². The van der Waals surface area contributed by atoms with Crippen LogP contribution in [-0.4, -0.2) is 44.9 Å². The van der Waals surface area contributed by atoms with Gasteiger partial charge in [0.2, 0.25) is 5.88 Å². The number of carboxylic acids is 1. The molecule has 184 valence electrons. The van der Waals surface area contributed by atoms with Crippen LogP contribution >= 0.6 is 11.6 Å². The van der Waals surface area contributed by atoms with Gasteiger partial charge in [-0.1, -0.05) is 23.7 Å². The fourth-order valence-corrected chi connectivity index (χ4v) is 6.05. The Hall–Kier alpha value is -3.65. The second kappa shape index (κ2) is 8.48. The molecule has 2 fully saturated rings. The van der Waals surface area contributed by atoms with Crippen molar-refractivity contribution >= 4 is 45.3 Å². The Balaban J connectivity index is 1.24. The number of halogens is 1. The fraction of sp³-hybridized carbons (Fsp3) is 0.333. The molecule has 0 bridgehead atoms. The van der Waals surface area contributed by atoms with Crippen LogP contribution in [0.2, 0.25) is 5.02 Å². The molecule has 2 saturated carbocycles. The lowest BCUT2D eigenvalue weighted by atomic mass is 9.50. The summed E-state index contributed by atoms with van der Waals surface area (Å²) in [4.78, 5) is 29.0. The number of rotatable bonds is 6. The van der Waals surface area contributed by atoms with Crippen molar-refractivity contribution in [2.45, 2.75) is 38.3 Å². The first-order valence-corrected chi connectivity index (χ1v) is 12.3. The van der Waals surface area contributed by atoms with Crippen molar-refractivity contribution in [3.63, 3.8) is 0 Å². The third kappa shape index (κ3) is 3.86. The van der Waals surface area contributed by atoms with Crippen molar-refractivity contribution in [1.29, 1.82) is 0 Å². The maximum Gasteiger partial charge on any atom is 0.306 e. The Morgan fingerprint density at radius 1 is 1.17 bits per heavy atom. The number of carbonyl (C=O) groups is 2. The highest BCUT2D eigenvalue weighted by Crippen LogP contribution is 2.58. The Bertz CT molecular complexity index is 1520. The molecule has 36 heavy (non-hydrogen) atoms. The van der Waals surface area contributed by atoms with Crippen molar-refractivity contribution in [2.75, 3.05) is 7.11 Å². The van der Waals surface area contributed by atoms with Gasteiger partial charge in [0, 0.05) is 22.9 Å². The highest BCUT2D eigenvalue weighted by atomic mass is 35.5. The van der Waals surface area contributed by atoms with E-state index >= 15 is 0 Å². The van der Waals surface area contributed by atoms with Crippen molar-refractivity contribution in [2.24, 2.45) is 11.3 Å². The van der Waals surface area contributed by atoms with E-state index in [1.807, 2.05) is 30.3 Å². The van der Waals surface area contributed by atoms with E-state index in [4.69, 9.17) is 21.4 Å². The SMILES string of the molecule is COc1ccc2ccc(Cn3ncc4c(Cl)ccc(C(=O)NC5CC6(C5)CC(C(=O)O)C6)c43)cc2n1. The van der Waals surface area contributed by atoms with E-state index in [9.17, 15) is 9.59 Å². The quantitative estimate of drug-likeness (QED) is 0.395. The average molecular weight is 505 g/mol. The number of aromatic nitrogens is 3. The molecule has 1 amide bonds. The van der Waals surface area contributed by atoms with Crippen LogP contribution in [0.3, 0.4) is 0 Å². The van der Waals surface area contributed by atoms with Gasteiger partial charge in [-0.3, -0.25) is 14.3 Å². The Morgan fingerprint density at radius 2 is 1.94 bits per heavy atom. The number of benzene rings is 2. The van der Waals surface area contributed by atoms with Gasteiger partial charge in [-0.15, -0.1) is 0 Å². The summed E-state index contributed by atoms with van der Waals surface area (Å²) in [7, 11) is 1.59. The van der Waals surface area contributed by atoms with Crippen LogP contribution in [0.4, 0.5) is 0 Å². The molecule has 1 spiro atoms. The summed E-state index contributed by atoms with van der Waals surface area (Å²) in [6.45, 7) is 0.446. The third-order valence-corrected chi connectivity index (χ3v) is 8.00. The van der Waals surface area contributed by atoms with Crippen molar-refractivity contribution in [1.82, 2.24) is 20.1 Å². The standard InChI is InChI=1S/C27H25ClN4O4/c1-36-23-7-4-16-3-2-15(8-22(16)31-23)14-32-24-19(5-6-21(28)20(24)13-29-32)25(33)30-18-11-27(12-18)9-17(10-27)26(34)35/h2-8,13,17-18H,9-12,14H2,1H3,(H,30,33)(H,34,35). The predicted octanol–water partition coefficient (Wildman–Crippen LogP) is 4.67. The molecule has 2 N–H and O–H groups in total. The zero-order valence-corrected chi connectivity index (χ0v) is 20.5. The Morgan fingerprint density at radius 3 is 2.69 bits per heavy atom. The molecule has 4 aromatic rings. The maximum atomic E-state index is 13.3. The number of carboxylic acid groups (broad SMARTS) is 1. The van der Waals surface area contributed by atoms with E-state index in [1.165, 1.54) is 0 Å². The van der Waals surface area contributed by atoms with E-state index < -0.39 is 5.97 Å². The first-order chi connectivity index (χ1) is 17.3. The van der Waals surface area contributed by atoms with Gasteiger partial charge in [0.05, 0.1) is 47.4 Å². The van der Waals surface area contributed by atoms with Gasteiger partial charge in [-0.05, 0) is 60.9 Å². The first kappa shape index (κ1) is 22.8. The highest BCUT2D eigenvalue weighted by molar-refractivity contribution is 6.36. The molecule has 0 saturated heterocycles. The minimum atomic E-state index is -0.716. The topological polar surface area (TPSA) is 106 Å². The molecule has 0 atom stereocenters. The van der Waals surface area contributed by atoms with E-state index in [2.05, 4.69) is 15.4 Å². The van der Waals surface area contributed by atoms with Gasteiger partial charge in [0.15, 0.2) is 0 Å². The van der Waals surface area contributed by atoms with Crippen LogP contribution in [-0.2, 0) is 11.3 Å². The molecule has 2 aliphatic rings. The summed E-state index contributed by atoms with van der Waals surface area (Å²) in [5.74, 6) is -0.574. The van der Waals surface area contributed by atoms with Gasteiger partial charge < -0.3 is 15.2 Å². The number of fused-ring (bicyclic) bond motifs is 2. The number of pyridine rings is 1. The molecule has 2 aromatic heterocycles. The van der Waals surface area contributed by atoms with Crippen molar-refractivity contribution in [3.8, 4) is 5.88 Å². The van der Waals surface area contributed by atoms with Crippen molar-refractivity contribution < 1.29 is 19.4 Å². The van der Waals surface area contributed by atoms with Crippen LogP contribution in [0.5, 0.6) is 5.88 Å². The van der Waals surface area contributed by atoms with E-state index in [0.717, 1.165) is 34.7 Å². The number of carbonyl (C=O) groups excluding carboxylic acids is 1. The Labute approximate surface area is 212 Å². The smallest absolute Gasteiger partial charge is 0.306 e. The molecule has 2 aliphatic carbocycles. The summed E-state index contributed by atoms with van der Waals surface area (Å²) in [5, 5.41) is 19.1. The normalized spacial score (nSPS) is 22.8. The van der Waals surface area contributed by atoms with Crippen LogP contribution < -0.4 is 10.1 Å². The van der Waals surface area contributed by atoms with E-state index in [-0.39, 0.29) is 23.3 Å². The number of ether oxygens (including phenoxy) is 1. The monoisotopic (exact) mass is 504 g/mol. The van der Waals surface area contributed by atoms with Crippen molar-refractivity contribution in [3.05, 3.63) is 64.8 Å². The number of nitrogens with zero attached hydrogens (tertiary/aromatic N) is 3.